The molecule has 5 heteroatoms. The molecule has 2 N–H and O–H groups in total. The van der Waals surface area contributed by atoms with Gasteiger partial charge in [-0.1, -0.05) is 48.5 Å². The third-order valence-electron chi connectivity index (χ3n) is 4.37. The van der Waals surface area contributed by atoms with E-state index >= 15 is 0 Å². The van der Waals surface area contributed by atoms with Gasteiger partial charge in [0.05, 0.1) is 22.9 Å². The molecule has 1 aliphatic heterocycles. The van der Waals surface area contributed by atoms with Gasteiger partial charge in [-0.15, -0.1) is 0 Å². The summed E-state index contributed by atoms with van der Waals surface area (Å²) >= 11 is 0. The highest BCUT2D eigenvalue weighted by Crippen LogP contribution is 2.44. The van der Waals surface area contributed by atoms with Crippen LogP contribution in [0.5, 0.6) is 5.88 Å². The lowest BCUT2D eigenvalue weighted by Gasteiger charge is -2.24. The maximum Gasteiger partial charge on any atom is 0.229 e. The highest BCUT2D eigenvalue weighted by atomic mass is 16.5. The highest BCUT2D eigenvalue weighted by molar-refractivity contribution is 5.57. The van der Waals surface area contributed by atoms with Crippen LogP contribution in [0.15, 0.2) is 72.1 Å². The Labute approximate surface area is 145 Å². The number of aromatic nitrogens is 2. The molecular weight excluding hydrogens is 312 g/mol. The minimum absolute atomic E-state index is 0.126. The molecule has 0 unspecified atom stereocenters. The summed E-state index contributed by atoms with van der Waals surface area (Å²) in [6, 6.07) is 21.8. The van der Waals surface area contributed by atoms with Gasteiger partial charge in [-0.2, -0.15) is 10.4 Å². The molecule has 0 radical (unpaired) electrons. The number of nitrogens with two attached hydrogens (primary N) is 1. The molecule has 0 saturated heterocycles. The van der Waals surface area contributed by atoms with Gasteiger partial charge in [0.15, 0.2) is 0 Å². The van der Waals surface area contributed by atoms with Gasteiger partial charge < -0.3 is 10.5 Å². The van der Waals surface area contributed by atoms with Gasteiger partial charge in [0, 0.05) is 0 Å². The van der Waals surface area contributed by atoms with Crippen LogP contribution in [0.3, 0.4) is 0 Å². The first-order valence-electron chi connectivity index (χ1n) is 7.98. The van der Waals surface area contributed by atoms with Gasteiger partial charge in [0.1, 0.15) is 11.6 Å². The second-order valence-corrected chi connectivity index (χ2v) is 5.89. The van der Waals surface area contributed by atoms with Crippen LogP contribution in [0, 0.1) is 18.3 Å². The fourth-order valence-corrected chi connectivity index (χ4v) is 3.24. The van der Waals surface area contributed by atoms with Crippen molar-refractivity contribution in [3.05, 3.63) is 88.9 Å². The van der Waals surface area contributed by atoms with Crippen molar-refractivity contribution in [2.45, 2.75) is 12.8 Å². The van der Waals surface area contributed by atoms with Crippen LogP contribution in [-0.2, 0) is 0 Å². The zero-order valence-corrected chi connectivity index (χ0v) is 13.7. The Kier molecular flexibility index (Phi) is 3.51. The number of nitriles is 1. The van der Waals surface area contributed by atoms with Crippen LogP contribution in [-0.4, -0.2) is 9.78 Å². The lowest BCUT2D eigenvalue weighted by atomic mass is 9.84. The van der Waals surface area contributed by atoms with Crippen LogP contribution < -0.4 is 10.5 Å². The predicted octanol–water partition coefficient (Wildman–Crippen LogP) is 3.40. The number of nitrogens with zero attached hydrogens (tertiary/aromatic N) is 3. The van der Waals surface area contributed by atoms with Crippen molar-refractivity contribution in [1.29, 1.82) is 5.26 Å². The maximum absolute atomic E-state index is 9.64. The van der Waals surface area contributed by atoms with Gasteiger partial charge in [0.2, 0.25) is 11.8 Å². The molecule has 1 atom stereocenters. The van der Waals surface area contributed by atoms with Crippen molar-refractivity contribution >= 4 is 0 Å². The van der Waals surface area contributed by atoms with Gasteiger partial charge in [-0.3, -0.25) is 0 Å². The van der Waals surface area contributed by atoms with Crippen LogP contribution in [0.1, 0.15) is 22.7 Å². The van der Waals surface area contributed by atoms with Crippen molar-refractivity contribution in [3.8, 4) is 17.6 Å². The third kappa shape index (κ3) is 2.36. The average molecular weight is 328 g/mol. The van der Waals surface area contributed by atoms with E-state index in [1.54, 1.807) is 4.68 Å². The number of ether oxygens (including phenoxy) is 1. The van der Waals surface area contributed by atoms with Crippen molar-refractivity contribution in [3.63, 3.8) is 0 Å². The number of para-hydroxylation sites is 1. The largest absolute Gasteiger partial charge is 0.422 e. The third-order valence-corrected chi connectivity index (χ3v) is 4.37. The van der Waals surface area contributed by atoms with E-state index < -0.39 is 0 Å². The number of rotatable bonds is 2. The Morgan fingerprint density at radius 2 is 1.72 bits per heavy atom. The zero-order valence-electron chi connectivity index (χ0n) is 13.7. The number of hydrogen-bond donors (Lipinski definition) is 1. The topological polar surface area (TPSA) is 76.9 Å². The van der Waals surface area contributed by atoms with E-state index in [-0.39, 0.29) is 11.8 Å². The van der Waals surface area contributed by atoms with Gasteiger partial charge >= 0.3 is 0 Å². The van der Waals surface area contributed by atoms with E-state index in [1.165, 1.54) is 0 Å². The zero-order chi connectivity index (χ0) is 17.4. The molecule has 1 aromatic heterocycles. The summed E-state index contributed by atoms with van der Waals surface area (Å²) in [7, 11) is 0. The maximum atomic E-state index is 9.64. The quantitative estimate of drug-likeness (QED) is 0.782. The number of hydrogen-bond acceptors (Lipinski definition) is 4. The Morgan fingerprint density at radius 3 is 2.36 bits per heavy atom. The molecule has 0 aliphatic carbocycles. The van der Waals surface area contributed by atoms with Crippen LogP contribution in [0.4, 0.5) is 0 Å². The molecule has 1 aliphatic rings. The van der Waals surface area contributed by atoms with E-state index in [2.05, 4.69) is 11.2 Å². The summed E-state index contributed by atoms with van der Waals surface area (Å²) in [5.41, 5.74) is 10.1. The Hall–Kier alpha value is -3.52. The van der Waals surface area contributed by atoms with Crippen molar-refractivity contribution in [2.75, 3.05) is 0 Å². The molecule has 122 valence electrons. The molecule has 3 aromatic rings. The summed E-state index contributed by atoms with van der Waals surface area (Å²) in [6.45, 7) is 1.92. The SMILES string of the molecule is Cc1nn(-c2ccccc2)c2c1[C@H](c1ccccc1)C(C#N)=C(N)O2. The highest BCUT2D eigenvalue weighted by Gasteiger charge is 2.35. The van der Waals surface area contributed by atoms with Gasteiger partial charge in [-0.25, -0.2) is 4.68 Å². The predicted molar refractivity (Wildman–Crippen MR) is 94.0 cm³/mol. The summed E-state index contributed by atoms with van der Waals surface area (Å²) in [5, 5.41) is 14.3. The monoisotopic (exact) mass is 328 g/mol. The molecular formula is C20H16N4O. The molecule has 0 fully saturated rings. The normalized spacial score (nSPS) is 16.1. The molecule has 0 spiro atoms. The van der Waals surface area contributed by atoms with Crippen LogP contribution >= 0.6 is 0 Å². The molecule has 0 saturated carbocycles. The molecule has 2 heterocycles. The summed E-state index contributed by atoms with van der Waals surface area (Å²) < 4.78 is 7.57. The molecule has 2 aromatic carbocycles. The summed E-state index contributed by atoms with van der Waals surface area (Å²) in [5.74, 6) is 0.405. The van der Waals surface area contributed by atoms with E-state index in [0.717, 1.165) is 22.5 Å². The van der Waals surface area contributed by atoms with Crippen molar-refractivity contribution in [1.82, 2.24) is 9.78 Å². The second kappa shape index (κ2) is 5.84. The number of allylic oxidation sites excluding steroid dienone is 1. The summed E-state index contributed by atoms with van der Waals surface area (Å²) in [4.78, 5) is 0. The Bertz CT molecular complexity index is 997. The average Bonchev–Trinajstić information content (AvgIpc) is 2.98. The minimum atomic E-state index is -0.285. The van der Waals surface area contributed by atoms with E-state index in [0.29, 0.717) is 11.5 Å². The minimum Gasteiger partial charge on any atom is -0.422 e. The lowest BCUT2D eigenvalue weighted by Crippen LogP contribution is -2.22. The number of fused-ring (bicyclic) bond motifs is 1. The molecule has 0 amide bonds. The van der Waals surface area contributed by atoms with Crippen LogP contribution in [0.25, 0.3) is 5.69 Å². The Morgan fingerprint density at radius 1 is 1.08 bits per heavy atom. The van der Waals surface area contributed by atoms with E-state index in [9.17, 15) is 5.26 Å². The second-order valence-electron chi connectivity index (χ2n) is 5.89. The van der Waals surface area contributed by atoms with Crippen molar-refractivity contribution < 1.29 is 4.74 Å². The molecule has 0 bridgehead atoms. The lowest BCUT2D eigenvalue weighted by molar-refractivity contribution is 0.367. The molecule has 4 rings (SSSR count). The van der Waals surface area contributed by atoms with Gasteiger partial charge in [0.25, 0.3) is 0 Å². The first-order chi connectivity index (χ1) is 12.2. The molecule has 25 heavy (non-hydrogen) atoms. The number of aryl methyl sites for hydroxylation is 1. The first-order valence-corrected chi connectivity index (χ1v) is 7.98. The Balaban J connectivity index is 1.97. The fourth-order valence-electron chi connectivity index (χ4n) is 3.24. The number of benzene rings is 2. The first kappa shape index (κ1) is 15.0. The van der Waals surface area contributed by atoms with Gasteiger partial charge in [-0.05, 0) is 24.6 Å². The standard InChI is InChI=1S/C20H16N4O/c1-13-17-18(14-8-4-2-5-9-14)16(12-21)19(22)25-20(17)24(23-13)15-10-6-3-7-11-15/h2-11,18H,22H2,1H3/t18-/m1/s1. The van der Waals surface area contributed by atoms with E-state index in [1.807, 2.05) is 67.6 Å². The smallest absolute Gasteiger partial charge is 0.229 e. The summed E-state index contributed by atoms with van der Waals surface area (Å²) in [6.07, 6.45) is 0. The fraction of sp³-hybridized carbons (Fsp3) is 0.100. The van der Waals surface area contributed by atoms with E-state index in [4.69, 9.17) is 10.5 Å². The molecule has 5 nitrogen and oxygen atoms in total. The van der Waals surface area contributed by atoms with Crippen LogP contribution in [0.2, 0.25) is 0 Å². The van der Waals surface area contributed by atoms with Crippen molar-refractivity contribution in [2.24, 2.45) is 5.73 Å².